The van der Waals surface area contributed by atoms with Gasteiger partial charge >= 0.3 is 0 Å². The average molecular weight is 265 g/mol. The number of para-hydroxylation sites is 1. The van der Waals surface area contributed by atoms with Crippen LogP contribution in [0.1, 0.15) is 5.56 Å². The van der Waals surface area contributed by atoms with E-state index in [2.05, 4.69) is 4.98 Å². The van der Waals surface area contributed by atoms with Gasteiger partial charge in [0.1, 0.15) is 18.1 Å². The van der Waals surface area contributed by atoms with Crippen molar-refractivity contribution < 1.29 is 9.47 Å². The predicted octanol–water partition coefficient (Wildman–Crippen LogP) is 3.82. The van der Waals surface area contributed by atoms with E-state index in [1.54, 1.807) is 13.3 Å². The van der Waals surface area contributed by atoms with E-state index in [-0.39, 0.29) is 0 Å². The minimum Gasteiger partial charge on any atom is -0.497 e. The van der Waals surface area contributed by atoms with Crippen molar-refractivity contribution in [2.75, 3.05) is 7.11 Å². The first-order chi connectivity index (χ1) is 9.85. The highest BCUT2D eigenvalue weighted by atomic mass is 16.5. The number of ether oxygens (including phenoxy) is 2. The van der Waals surface area contributed by atoms with Gasteiger partial charge in [0.2, 0.25) is 0 Å². The lowest BCUT2D eigenvalue weighted by atomic mass is 10.2. The molecule has 0 radical (unpaired) electrons. The van der Waals surface area contributed by atoms with Crippen molar-refractivity contribution in [2.24, 2.45) is 0 Å². The quantitative estimate of drug-likeness (QED) is 0.718. The van der Waals surface area contributed by atoms with Gasteiger partial charge in [-0.05, 0) is 29.8 Å². The molecular formula is C17H15NO2. The summed E-state index contributed by atoms with van der Waals surface area (Å²) in [4.78, 5) is 4.38. The Morgan fingerprint density at radius 1 is 0.950 bits per heavy atom. The lowest BCUT2D eigenvalue weighted by Crippen LogP contribution is -1.96. The van der Waals surface area contributed by atoms with Crippen LogP contribution >= 0.6 is 0 Å². The number of pyridine rings is 1. The first-order valence-corrected chi connectivity index (χ1v) is 6.46. The van der Waals surface area contributed by atoms with Crippen molar-refractivity contribution in [3.63, 3.8) is 0 Å². The highest BCUT2D eigenvalue weighted by Crippen LogP contribution is 2.19. The molecule has 0 aliphatic heterocycles. The van der Waals surface area contributed by atoms with Crippen molar-refractivity contribution in [2.45, 2.75) is 6.61 Å². The third-order valence-corrected chi connectivity index (χ3v) is 3.13. The molecule has 3 nitrogen and oxygen atoms in total. The van der Waals surface area contributed by atoms with Gasteiger partial charge in [0.25, 0.3) is 0 Å². The van der Waals surface area contributed by atoms with Crippen LogP contribution in [0.25, 0.3) is 10.9 Å². The van der Waals surface area contributed by atoms with Gasteiger partial charge in [0, 0.05) is 5.39 Å². The first-order valence-electron chi connectivity index (χ1n) is 6.46. The van der Waals surface area contributed by atoms with Crippen LogP contribution in [-0.2, 0) is 6.61 Å². The molecule has 3 rings (SSSR count). The van der Waals surface area contributed by atoms with Crippen LogP contribution in [0.4, 0.5) is 0 Å². The lowest BCUT2D eigenvalue weighted by molar-refractivity contribution is 0.305. The van der Waals surface area contributed by atoms with Crippen LogP contribution in [0.2, 0.25) is 0 Å². The smallest absolute Gasteiger partial charge is 0.138 e. The van der Waals surface area contributed by atoms with Gasteiger partial charge in [-0.15, -0.1) is 0 Å². The minimum absolute atomic E-state index is 0.518. The summed E-state index contributed by atoms with van der Waals surface area (Å²) in [7, 11) is 1.66. The van der Waals surface area contributed by atoms with Gasteiger partial charge in [-0.2, -0.15) is 0 Å². The van der Waals surface area contributed by atoms with Crippen LogP contribution in [0.3, 0.4) is 0 Å². The van der Waals surface area contributed by atoms with Crippen molar-refractivity contribution >= 4 is 10.9 Å². The molecule has 100 valence electrons. The molecular weight excluding hydrogens is 250 g/mol. The maximum atomic E-state index is 5.77. The van der Waals surface area contributed by atoms with Crippen LogP contribution in [0.5, 0.6) is 11.5 Å². The number of nitrogens with zero attached hydrogens (tertiary/aromatic N) is 1. The standard InChI is InChI=1S/C17H15NO2/c1-19-15-8-6-13(7-9-15)12-20-16-10-14-4-2-3-5-17(14)18-11-16/h2-11H,12H2,1H3. The fraction of sp³-hybridized carbons (Fsp3) is 0.118. The molecule has 0 unspecified atom stereocenters. The number of rotatable bonds is 4. The maximum Gasteiger partial charge on any atom is 0.138 e. The van der Waals surface area contributed by atoms with Crippen molar-refractivity contribution in [1.82, 2.24) is 4.98 Å². The van der Waals surface area contributed by atoms with Gasteiger partial charge in [0.05, 0.1) is 18.8 Å². The summed E-state index contributed by atoms with van der Waals surface area (Å²) < 4.78 is 10.9. The number of benzene rings is 2. The largest absolute Gasteiger partial charge is 0.497 e. The zero-order valence-electron chi connectivity index (χ0n) is 11.2. The summed E-state index contributed by atoms with van der Waals surface area (Å²) in [6.45, 7) is 0.518. The fourth-order valence-corrected chi connectivity index (χ4v) is 2.02. The van der Waals surface area contributed by atoms with Crippen LogP contribution in [-0.4, -0.2) is 12.1 Å². The molecule has 3 aromatic rings. The number of hydrogen-bond donors (Lipinski definition) is 0. The molecule has 20 heavy (non-hydrogen) atoms. The van der Waals surface area contributed by atoms with Crippen molar-refractivity contribution in [3.8, 4) is 11.5 Å². The topological polar surface area (TPSA) is 31.4 Å². The fourth-order valence-electron chi connectivity index (χ4n) is 2.02. The Bertz CT molecular complexity index is 708. The Balaban J connectivity index is 1.72. The Hall–Kier alpha value is -2.55. The summed E-state index contributed by atoms with van der Waals surface area (Å²) in [5.74, 6) is 1.63. The molecule has 0 bridgehead atoms. The van der Waals surface area contributed by atoms with E-state index in [1.807, 2.05) is 54.6 Å². The Morgan fingerprint density at radius 3 is 2.55 bits per heavy atom. The summed E-state index contributed by atoms with van der Waals surface area (Å²) in [6.07, 6.45) is 1.76. The van der Waals surface area contributed by atoms with E-state index in [9.17, 15) is 0 Å². The molecule has 0 spiro atoms. The van der Waals surface area contributed by atoms with Crippen LogP contribution in [0.15, 0.2) is 60.8 Å². The molecule has 3 heteroatoms. The Labute approximate surface area is 117 Å². The van der Waals surface area contributed by atoms with E-state index < -0.39 is 0 Å². The van der Waals surface area contributed by atoms with Crippen molar-refractivity contribution in [1.29, 1.82) is 0 Å². The SMILES string of the molecule is COc1ccc(COc2cnc3ccccc3c2)cc1. The van der Waals surface area contributed by atoms with E-state index in [1.165, 1.54) is 0 Å². The molecule has 0 saturated carbocycles. The molecule has 1 aromatic heterocycles. The number of methoxy groups -OCH3 is 1. The molecule has 0 amide bonds. The van der Waals surface area contributed by atoms with Gasteiger partial charge in [-0.3, -0.25) is 4.98 Å². The lowest BCUT2D eigenvalue weighted by Gasteiger charge is -2.07. The zero-order chi connectivity index (χ0) is 13.8. The van der Waals surface area contributed by atoms with Crippen LogP contribution < -0.4 is 9.47 Å². The molecule has 0 N–H and O–H groups in total. The first kappa shape index (κ1) is 12.5. The molecule has 0 saturated heterocycles. The van der Waals surface area contributed by atoms with E-state index in [0.29, 0.717) is 6.61 Å². The highest BCUT2D eigenvalue weighted by Gasteiger charge is 2.00. The molecule has 0 aliphatic rings. The summed E-state index contributed by atoms with van der Waals surface area (Å²) in [5, 5.41) is 1.08. The Kier molecular flexibility index (Phi) is 3.50. The minimum atomic E-state index is 0.518. The number of aromatic nitrogens is 1. The number of hydrogen-bond acceptors (Lipinski definition) is 3. The molecule has 0 atom stereocenters. The monoisotopic (exact) mass is 265 g/mol. The zero-order valence-corrected chi connectivity index (χ0v) is 11.2. The summed E-state index contributed by atoms with van der Waals surface area (Å²) >= 11 is 0. The second kappa shape index (κ2) is 5.61. The van der Waals surface area contributed by atoms with Gasteiger partial charge in [-0.25, -0.2) is 0 Å². The second-order valence-corrected chi connectivity index (χ2v) is 4.50. The molecule has 0 fully saturated rings. The maximum absolute atomic E-state index is 5.77. The third-order valence-electron chi connectivity index (χ3n) is 3.13. The van der Waals surface area contributed by atoms with Gasteiger partial charge in [0.15, 0.2) is 0 Å². The average Bonchev–Trinajstić information content (AvgIpc) is 2.53. The summed E-state index contributed by atoms with van der Waals surface area (Å²) in [6, 6.07) is 17.8. The van der Waals surface area contributed by atoms with Gasteiger partial charge < -0.3 is 9.47 Å². The van der Waals surface area contributed by atoms with E-state index in [4.69, 9.17) is 9.47 Å². The second-order valence-electron chi connectivity index (χ2n) is 4.50. The molecule has 0 aliphatic carbocycles. The molecule has 2 aromatic carbocycles. The van der Waals surface area contributed by atoms with E-state index >= 15 is 0 Å². The summed E-state index contributed by atoms with van der Waals surface area (Å²) in [5.41, 5.74) is 2.07. The van der Waals surface area contributed by atoms with E-state index in [0.717, 1.165) is 28.0 Å². The van der Waals surface area contributed by atoms with Gasteiger partial charge in [-0.1, -0.05) is 30.3 Å². The van der Waals surface area contributed by atoms with Crippen molar-refractivity contribution in [3.05, 3.63) is 66.4 Å². The Morgan fingerprint density at radius 2 is 1.75 bits per heavy atom. The molecule has 1 heterocycles. The third kappa shape index (κ3) is 2.72. The van der Waals surface area contributed by atoms with Crippen LogP contribution in [0, 0.1) is 0 Å². The predicted molar refractivity (Wildman–Crippen MR) is 79.1 cm³/mol. The normalized spacial score (nSPS) is 10.4. The number of fused-ring (bicyclic) bond motifs is 1. The highest BCUT2D eigenvalue weighted by molar-refractivity contribution is 5.79.